The molecule has 0 bridgehead atoms. The van der Waals surface area contributed by atoms with Gasteiger partial charge in [-0.3, -0.25) is 19.2 Å². The fourth-order valence-electron chi connectivity index (χ4n) is 2.37. The van der Waals surface area contributed by atoms with Gasteiger partial charge < -0.3 is 42.1 Å². The average molecular weight is 434 g/mol. The molecule has 13 nitrogen and oxygen atoms in total. The second-order valence-electron chi connectivity index (χ2n) is 7.20. The van der Waals surface area contributed by atoms with Gasteiger partial charge >= 0.3 is 11.9 Å². The summed E-state index contributed by atoms with van der Waals surface area (Å²) in [6.07, 6.45) is -1.98. The highest BCUT2D eigenvalue weighted by Crippen LogP contribution is 2.07. The summed E-state index contributed by atoms with van der Waals surface area (Å²) in [6.45, 7) is 3.77. The predicted octanol–water partition coefficient (Wildman–Crippen LogP) is -3.25. The Morgan fingerprint density at radius 2 is 1.40 bits per heavy atom. The molecule has 0 aromatic rings. The lowest BCUT2D eigenvalue weighted by Crippen LogP contribution is -2.60. The van der Waals surface area contributed by atoms with Crippen molar-refractivity contribution in [2.45, 2.75) is 63.9 Å². The van der Waals surface area contributed by atoms with Crippen LogP contribution in [0.2, 0.25) is 0 Å². The van der Waals surface area contributed by atoms with E-state index in [4.69, 9.17) is 21.1 Å². The van der Waals surface area contributed by atoms with Gasteiger partial charge in [0.15, 0.2) is 0 Å². The quantitative estimate of drug-likeness (QED) is 0.144. The number of aliphatic hydroxyl groups is 2. The number of aliphatic carboxylic acids is 2. The maximum absolute atomic E-state index is 12.6. The third kappa shape index (κ3) is 9.62. The first kappa shape index (κ1) is 27.2. The van der Waals surface area contributed by atoms with Crippen LogP contribution in [0.3, 0.4) is 0 Å². The molecule has 30 heavy (non-hydrogen) atoms. The van der Waals surface area contributed by atoms with Crippen molar-refractivity contribution >= 4 is 29.7 Å². The Bertz CT molecular complexity index is 639. The summed E-state index contributed by atoms with van der Waals surface area (Å²) in [4.78, 5) is 58.6. The summed E-state index contributed by atoms with van der Waals surface area (Å²) in [5.41, 5.74) is 5.49. The van der Waals surface area contributed by atoms with Crippen LogP contribution >= 0.6 is 0 Å². The van der Waals surface area contributed by atoms with E-state index in [1.165, 1.54) is 6.92 Å². The van der Waals surface area contributed by atoms with E-state index in [-0.39, 0.29) is 12.3 Å². The highest BCUT2D eigenvalue weighted by atomic mass is 16.4. The van der Waals surface area contributed by atoms with E-state index in [2.05, 4.69) is 10.6 Å². The molecule has 9 N–H and O–H groups in total. The summed E-state index contributed by atoms with van der Waals surface area (Å²) in [7, 11) is 0. The van der Waals surface area contributed by atoms with E-state index >= 15 is 0 Å². The Morgan fingerprint density at radius 3 is 1.80 bits per heavy atom. The first-order chi connectivity index (χ1) is 13.8. The molecule has 0 aliphatic rings. The topological polar surface area (TPSA) is 228 Å². The fourth-order valence-corrected chi connectivity index (χ4v) is 2.37. The van der Waals surface area contributed by atoms with Crippen LogP contribution in [0.1, 0.15) is 33.6 Å². The minimum Gasteiger partial charge on any atom is -0.481 e. The van der Waals surface area contributed by atoms with Crippen molar-refractivity contribution < 1.29 is 44.4 Å². The van der Waals surface area contributed by atoms with E-state index in [0.29, 0.717) is 0 Å². The molecule has 13 heteroatoms. The number of amides is 3. The Hall–Kier alpha value is -2.77. The molecular weight excluding hydrogens is 404 g/mol. The molecule has 0 fully saturated rings. The molecule has 0 radical (unpaired) electrons. The Kier molecular flexibility index (Phi) is 11.5. The number of nitrogens with one attached hydrogen (secondary N) is 3. The van der Waals surface area contributed by atoms with E-state index in [1.807, 2.05) is 5.32 Å². The molecule has 0 saturated carbocycles. The van der Waals surface area contributed by atoms with Crippen LogP contribution in [-0.2, 0) is 24.0 Å². The van der Waals surface area contributed by atoms with Gasteiger partial charge in [0.05, 0.1) is 25.2 Å². The van der Waals surface area contributed by atoms with Gasteiger partial charge in [0.25, 0.3) is 0 Å². The number of carboxylic acids is 2. The largest absolute Gasteiger partial charge is 0.481 e. The van der Waals surface area contributed by atoms with Crippen molar-refractivity contribution in [3.05, 3.63) is 0 Å². The Balaban J connectivity index is 5.35. The number of hydrogen-bond acceptors (Lipinski definition) is 8. The minimum absolute atomic E-state index is 0.0960. The van der Waals surface area contributed by atoms with Crippen molar-refractivity contribution in [2.24, 2.45) is 11.7 Å². The van der Waals surface area contributed by atoms with E-state index in [1.54, 1.807) is 13.8 Å². The monoisotopic (exact) mass is 434 g/mol. The van der Waals surface area contributed by atoms with Crippen molar-refractivity contribution in [3.8, 4) is 0 Å². The third-order valence-corrected chi connectivity index (χ3v) is 3.93. The van der Waals surface area contributed by atoms with E-state index in [0.717, 1.165) is 0 Å². The van der Waals surface area contributed by atoms with E-state index < -0.39 is 73.0 Å². The summed E-state index contributed by atoms with van der Waals surface area (Å²) in [5, 5.41) is 43.0. The second-order valence-corrected chi connectivity index (χ2v) is 7.20. The maximum atomic E-state index is 12.6. The predicted molar refractivity (Wildman–Crippen MR) is 102 cm³/mol. The summed E-state index contributed by atoms with van der Waals surface area (Å²) in [6, 6.07) is -5.82. The number of aliphatic hydroxyl groups excluding tert-OH is 2. The maximum Gasteiger partial charge on any atom is 0.328 e. The molecule has 0 aliphatic heterocycles. The van der Waals surface area contributed by atoms with Crippen LogP contribution in [-0.4, -0.2) is 87.0 Å². The van der Waals surface area contributed by atoms with Crippen LogP contribution in [0.5, 0.6) is 0 Å². The number of carboxylic acid groups (broad SMARTS) is 2. The van der Waals surface area contributed by atoms with Gasteiger partial charge in [0.2, 0.25) is 17.7 Å². The van der Waals surface area contributed by atoms with Crippen molar-refractivity contribution in [2.75, 3.05) is 6.61 Å². The Morgan fingerprint density at radius 1 is 0.867 bits per heavy atom. The molecule has 0 rings (SSSR count). The second kappa shape index (κ2) is 12.7. The molecule has 172 valence electrons. The van der Waals surface area contributed by atoms with E-state index in [9.17, 15) is 29.1 Å². The lowest BCUT2D eigenvalue weighted by Gasteiger charge is -2.26. The van der Waals surface area contributed by atoms with Crippen LogP contribution in [0.25, 0.3) is 0 Å². The zero-order chi connectivity index (χ0) is 23.6. The highest BCUT2D eigenvalue weighted by molar-refractivity contribution is 5.95. The van der Waals surface area contributed by atoms with Gasteiger partial charge in [0.1, 0.15) is 18.1 Å². The molecule has 0 saturated heterocycles. The minimum atomic E-state index is -1.64. The van der Waals surface area contributed by atoms with Gasteiger partial charge in [-0.2, -0.15) is 0 Å². The summed E-state index contributed by atoms with van der Waals surface area (Å²) < 4.78 is 0. The molecule has 0 spiro atoms. The standard InChI is InChI=1S/C17H30N4O9/c1-7(2)4-10(19-14(26)9(18)5-12(24)25)15(27)21-13(8(3)23)16(28)20-11(6-22)17(29)30/h7-11,13,22-23H,4-6,18H2,1-3H3,(H,19,26)(H,20,28)(H,21,27)(H,24,25)(H,29,30). The number of carbonyl (C=O) groups excluding carboxylic acids is 3. The number of carbonyl (C=O) groups is 5. The van der Waals surface area contributed by atoms with Crippen LogP contribution in [0, 0.1) is 5.92 Å². The first-order valence-corrected chi connectivity index (χ1v) is 9.20. The zero-order valence-corrected chi connectivity index (χ0v) is 17.0. The lowest BCUT2D eigenvalue weighted by molar-refractivity contribution is -0.144. The zero-order valence-electron chi connectivity index (χ0n) is 17.0. The lowest BCUT2D eigenvalue weighted by atomic mass is 10.0. The third-order valence-electron chi connectivity index (χ3n) is 3.93. The number of rotatable bonds is 13. The van der Waals surface area contributed by atoms with Crippen LogP contribution < -0.4 is 21.7 Å². The fraction of sp³-hybridized carbons (Fsp3) is 0.706. The first-order valence-electron chi connectivity index (χ1n) is 9.20. The molecule has 0 aromatic carbocycles. The SMILES string of the molecule is CC(C)CC(NC(=O)C(N)CC(=O)O)C(=O)NC(C(=O)NC(CO)C(=O)O)C(C)O. The molecule has 0 heterocycles. The molecule has 0 aliphatic carbocycles. The molecule has 5 atom stereocenters. The molecular formula is C17H30N4O9. The van der Waals surface area contributed by atoms with Crippen LogP contribution in [0.4, 0.5) is 0 Å². The number of hydrogen-bond donors (Lipinski definition) is 8. The van der Waals surface area contributed by atoms with Gasteiger partial charge in [-0.15, -0.1) is 0 Å². The van der Waals surface area contributed by atoms with Gasteiger partial charge in [-0.1, -0.05) is 13.8 Å². The van der Waals surface area contributed by atoms with Gasteiger partial charge in [-0.25, -0.2) is 4.79 Å². The molecule has 0 aromatic heterocycles. The Labute approximate surface area is 173 Å². The summed E-state index contributed by atoms with van der Waals surface area (Å²) in [5.74, 6) is -5.72. The molecule has 3 amide bonds. The van der Waals surface area contributed by atoms with Gasteiger partial charge in [0, 0.05) is 0 Å². The normalized spacial score (nSPS) is 16.0. The highest BCUT2D eigenvalue weighted by Gasteiger charge is 2.33. The van der Waals surface area contributed by atoms with Crippen molar-refractivity contribution in [1.82, 2.24) is 16.0 Å². The molecule has 5 unspecified atom stereocenters. The average Bonchev–Trinajstić information content (AvgIpc) is 2.61. The summed E-state index contributed by atoms with van der Waals surface area (Å²) >= 11 is 0. The van der Waals surface area contributed by atoms with Crippen molar-refractivity contribution in [1.29, 1.82) is 0 Å². The van der Waals surface area contributed by atoms with Gasteiger partial charge in [-0.05, 0) is 19.3 Å². The van der Waals surface area contributed by atoms with Crippen molar-refractivity contribution in [3.63, 3.8) is 0 Å². The number of nitrogens with two attached hydrogens (primary N) is 1. The smallest absolute Gasteiger partial charge is 0.328 e. The van der Waals surface area contributed by atoms with Crippen LogP contribution in [0.15, 0.2) is 0 Å².